The van der Waals surface area contributed by atoms with E-state index in [4.69, 9.17) is 10.00 Å². The van der Waals surface area contributed by atoms with Gasteiger partial charge in [0.25, 0.3) is 0 Å². The molecule has 1 N–H and O–H groups in total. The molecule has 0 aliphatic heterocycles. The molecule has 0 fully saturated rings. The topological polar surface area (TPSA) is 62.1 Å². The van der Waals surface area contributed by atoms with Crippen LogP contribution in [0.15, 0.2) is 18.2 Å². The highest BCUT2D eigenvalue weighted by molar-refractivity contribution is 5.90. The first-order valence-electron chi connectivity index (χ1n) is 4.59. The Morgan fingerprint density at radius 3 is 2.87 bits per heavy atom. The van der Waals surface area contributed by atoms with Crippen molar-refractivity contribution in [2.24, 2.45) is 0 Å². The van der Waals surface area contributed by atoms with Crippen molar-refractivity contribution in [3.63, 3.8) is 0 Å². The van der Waals surface area contributed by atoms with E-state index < -0.39 is 0 Å². The number of methoxy groups -OCH3 is 1. The van der Waals surface area contributed by atoms with Crippen LogP contribution in [0.5, 0.6) is 5.75 Å². The van der Waals surface area contributed by atoms with Gasteiger partial charge in [-0.3, -0.25) is 4.79 Å². The number of hydrogen-bond acceptors (Lipinski definition) is 3. The normalized spacial score (nSPS) is 9.13. The van der Waals surface area contributed by atoms with Crippen LogP contribution in [0.25, 0.3) is 0 Å². The lowest BCUT2D eigenvalue weighted by Gasteiger charge is -2.06. The van der Waals surface area contributed by atoms with Gasteiger partial charge in [0.1, 0.15) is 11.8 Å². The fraction of sp³-hybridized carbons (Fsp3) is 0.273. The zero-order chi connectivity index (χ0) is 11.3. The third-order valence-electron chi connectivity index (χ3n) is 1.92. The molecule has 0 aliphatic rings. The molecule has 78 valence electrons. The van der Waals surface area contributed by atoms with Crippen molar-refractivity contribution in [2.45, 2.75) is 13.3 Å². The monoisotopic (exact) mass is 204 g/mol. The summed E-state index contributed by atoms with van der Waals surface area (Å²) in [6.45, 7) is 1.77. The van der Waals surface area contributed by atoms with E-state index in [-0.39, 0.29) is 5.91 Å². The molecule has 0 unspecified atom stereocenters. The van der Waals surface area contributed by atoms with Gasteiger partial charge in [0, 0.05) is 12.1 Å². The van der Waals surface area contributed by atoms with Crippen molar-refractivity contribution in [1.82, 2.24) is 0 Å². The van der Waals surface area contributed by atoms with Crippen molar-refractivity contribution in [1.29, 1.82) is 5.26 Å². The molecule has 0 aliphatic carbocycles. The molecule has 4 heteroatoms. The molecule has 1 aromatic rings. The maximum Gasteiger partial charge on any atom is 0.224 e. The van der Waals surface area contributed by atoms with Crippen LogP contribution < -0.4 is 10.1 Å². The van der Waals surface area contributed by atoms with E-state index in [1.807, 2.05) is 6.07 Å². The van der Waals surface area contributed by atoms with Crippen LogP contribution >= 0.6 is 0 Å². The van der Waals surface area contributed by atoms with Crippen molar-refractivity contribution >= 4 is 11.6 Å². The second-order valence-electron chi connectivity index (χ2n) is 2.93. The Kier molecular flexibility index (Phi) is 3.69. The van der Waals surface area contributed by atoms with Gasteiger partial charge in [0.05, 0.1) is 12.7 Å². The molecule has 1 rings (SSSR count). The maximum absolute atomic E-state index is 11.1. The van der Waals surface area contributed by atoms with Crippen LogP contribution in [0.1, 0.15) is 18.9 Å². The first kappa shape index (κ1) is 11.1. The molecule has 0 bridgehead atoms. The Hall–Kier alpha value is -2.02. The summed E-state index contributed by atoms with van der Waals surface area (Å²) in [4.78, 5) is 11.1. The second kappa shape index (κ2) is 5.01. The van der Waals surface area contributed by atoms with Crippen LogP contribution in [-0.2, 0) is 4.79 Å². The highest BCUT2D eigenvalue weighted by Crippen LogP contribution is 2.21. The van der Waals surface area contributed by atoms with Crippen LogP contribution in [-0.4, -0.2) is 13.0 Å². The predicted octanol–water partition coefficient (Wildman–Crippen LogP) is 1.92. The third-order valence-corrected chi connectivity index (χ3v) is 1.92. The average molecular weight is 204 g/mol. The molecular weight excluding hydrogens is 192 g/mol. The van der Waals surface area contributed by atoms with Gasteiger partial charge in [-0.2, -0.15) is 5.26 Å². The van der Waals surface area contributed by atoms with E-state index in [0.717, 1.165) is 0 Å². The summed E-state index contributed by atoms with van der Waals surface area (Å²) in [5, 5.41) is 11.5. The van der Waals surface area contributed by atoms with Gasteiger partial charge in [-0.1, -0.05) is 6.92 Å². The third kappa shape index (κ3) is 2.71. The number of ether oxygens (including phenoxy) is 1. The van der Waals surface area contributed by atoms with Crippen LogP contribution in [0.4, 0.5) is 5.69 Å². The molecule has 0 spiro atoms. The molecule has 1 aromatic carbocycles. The van der Waals surface area contributed by atoms with Crippen molar-refractivity contribution in [3.8, 4) is 11.8 Å². The number of carbonyl (C=O) groups is 1. The summed E-state index contributed by atoms with van der Waals surface area (Å²) in [5.41, 5.74) is 1.02. The van der Waals surface area contributed by atoms with Crippen LogP contribution in [0.2, 0.25) is 0 Å². The van der Waals surface area contributed by atoms with Crippen molar-refractivity contribution < 1.29 is 9.53 Å². The summed E-state index contributed by atoms with van der Waals surface area (Å²) >= 11 is 0. The number of benzene rings is 1. The molecular formula is C11H12N2O2. The van der Waals surface area contributed by atoms with Gasteiger partial charge in [-0.05, 0) is 18.2 Å². The lowest BCUT2D eigenvalue weighted by molar-refractivity contribution is -0.115. The molecule has 1 amide bonds. The molecule has 4 nitrogen and oxygen atoms in total. The lowest BCUT2D eigenvalue weighted by Crippen LogP contribution is -2.09. The second-order valence-corrected chi connectivity index (χ2v) is 2.93. The molecule has 0 heterocycles. The van der Waals surface area contributed by atoms with Crippen LogP contribution in [0.3, 0.4) is 0 Å². The quantitative estimate of drug-likeness (QED) is 0.818. The lowest BCUT2D eigenvalue weighted by atomic mass is 10.2. The molecule has 0 saturated carbocycles. The number of nitriles is 1. The summed E-state index contributed by atoms with van der Waals surface area (Å²) in [5.74, 6) is 0.427. The van der Waals surface area contributed by atoms with Crippen molar-refractivity contribution in [2.75, 3.05) is 12.4 Å². The summed E-state index contributed by atoms with van der Waals surface area (Å²) in [6.07, 6.45) is 0.411. The SMILES string of the molecule is CCC(=O)Nc1ccc(OC)c(C#N)c1. The first-order chi connectivity index (χ1) is 7.21. The number of carbonyl (C=O) groups excluding carboxylic acids is 1. The van der Waals surface area contributed by atoms with E-state index >= 15 is 0 Å². The first-order valence-corrected chi connectivity index (χ1v) is 4.59. The smallest absolute Gasteiger partial charge is 0.224 e. The minimum atomic E-state index is -0.0796. The minimum absolute atomic E-state index is 0.0796. The Balaban J connectivity index is 2.94. The summed E-state index contributed by atoms with van der Waals surface area (Å²) < 4.78 is 4.99. The average Bonchev–Trinajstić information content (AvgIpc) is 2.28. The fourth-order valence-corrected chi connectivity index (χ4v) is 1.12. The van der Waals surface area contributed by atoms with Gasteiger partial charge in [-0.15, -0.1) is 0 Å². The molecule has 15 heavy (non-hydrogen) atoms. The Bertz CT molecular complexity index is 408. The fourth-order valence-electron chi connectivity index (χ4n) is 1.12. The van der Waals surface area contributed by atoms with Gasteiger partial charge >= 0.3 is 0 Å². The number of nitrogens with zero attached hydrogens (tertiary/aromatic N) is 1. The van der Waals surface area contributed by atoms with E-state index in [1.165, 1.54) is 7.11 Å². The Morgan fingerprint density at radius 1 is 1.60 bits per heavy atom. The summed E-state index contributed by atoms with van der Waals surface area (Å²) in [7, 11) is 1.50. The van der Waals surface area contributed by atoms with Crippen LogP contribution in [0, 0.1) is 11.3 Å². The van der Waals surface area contributed by atoms with Crippen molar-refractivity contribution in [3.05, 3.63) is 23.8 Å². The molecule has 0 aromatic heterocycles. The highest BCUT2D eigenvalue weighted by atomic mass is 16.5. The number of nitrogens with one attached hydrogen (secondary N) is 1. The largest absolute Gasteiger partial charge is 0.495 e. The van der Waals surface area contributed by atoms with Gasteiger partial charge < -0.3 is 10.1 Å². The van der Waals surface area contributed by atoms with E-state index in [2.05, 4.69) is 5.32 Å². The molecule has 0 atom stereocenters. The summed E-state index contributed by atoms with van der Waals surface area (Å²) in [6, 6.07) is 6.95. The molecule has 0 radical (unpaired) electrons. The standard InChI is InChI=1S/C11H12N2O2/c1-3-11(14)13-9-4-5-10(15-2)8(6-9)7-12/h4-6H,3H2,1-2H3,(H,13,14). The van der Waals surface area contributed by atoms with E-state index in [9.17, 15) is 4.79 Å². The zero-order valence-electron chi connectivity index (χ0n) is 8.70. The highest BCUT2D eigenvalue weighted by Gasteiger charge is 2.05. The number of hydrogen-bond donors (Lipinski definition) is 1. The van der Waals surface area contributed by atoms with Gasteiger partial charge in [0.15, 0.2) is 0 Å². The Morgan fingerprint density at radius 2 is 2.33 bits per heavy atom. The minimum Gasteiger partial charge on any atom is -0.495 e. The number of anilines is 1. The van der Waals surface area contributed by atoms with Gasteiger partial charge in [-0.25, -0.2) is 0 Å². The maximum atomic E-state index is 11.1. The number of amides is 1. The van der Waals surface area contributed by atoms with E-state index in [1.54, 1.807) is 25.1 Å². The van der Waals surface area contributed by atoms with E-state index in [0.29, 0.717) is 23.4 Å². The molecule has 0 saturated heterocycles. The Labute approximate surface area is 88.5 Å². The van der Waals surface area contributed by atoms with Gasteiger partial charge in [0.2, 0.25) is 5.91 Å². The predicted molar refractivity (Wildman–Crippen MR) is 56.6 cm³/mol. The zero-order valence-corrected chi connectivity index (χ0v) is 8.70. The number of rotatable bonds is 3.